The zero-order valence-electron chi connectivity index (χ0n) is 12.2. The fourth-order valence-corrected chi connectivity index (χ4v) is 1.64. The number of anilines is 2. The van der Waals surface area contributed by atoms with E-state index < -0.39 is 0 Å². The van der Waals surface area contributed by atoms with Crippen molar-refractivity contribution in [2.24, 2.45) is 0 Å². The lowest BCUT2D eigenvalue weighted by Gasteiger charge is -2.15. The number of hydrogen-bond acceptors (Lipinski definition) is 6. The zero-order chi connectivity index (χ0) is 14.1. The van der Waals surface area contributed by atoms with Crippen LogP contribution in [0.1, 0.15) is 26.6 Å². The molecule has 1 aromatic heterocycles. The highest BCUT2D eigenvalue weighted by atomic mass is 16.5. The second kappa shape index (κ2) is 8.66. The van der Waals surface area contributed by atoms with E-state index in [-0.39, 0.29) is 6.04 Å². The molecule has 1 aromatic rings. The van der Waals surface area contributed by atoms with E-state index in [0.29, 0.717) is 25.6 Å². The van der Waals surface area contributed by atoms with Gasteiger partial charge in [0.25, 0.3) is 0 Å². The molecule has 0 amide bonds. The lowest BCUT2D eigenvalue weighted by atomic mass is 10.3. The quantitative estimate of drug-likeness (QED) is 0.713. The lowest BCUT2D eigenvalue weighted by molar-refractivity contribution is 0.128. The van der Waals surface area contributed by atoms with Crippen molar-refractivity contribution in [2.75, 3.05) is 37.5 Å². The van der Waals surface area contributed by atoms with Gasteiger partial charge in [-0.2, -0.15) is 0 Å². The molecule has 0 aromatic carbocycles. The van der Waals surface area contributed by atoms with E-state index >= 15 is 0 Å². The molecule has 0 aliphatic carbocycles. The Balaban J connectivity index is 2.79. The Bertz CT molecular complexity index is 374. The molecule has 0 spiro atoms. The molecule has 0 radical (unpaired) electrons. The first-order valence-corrected chi connectivity index (χ1v) is 6.64. The number of aromatic nitrogens is 2. The molecule has 108 valence electrons. The minimum absolute atomic E-state index is 0.189. The van der Waals surface area contributed by atoms with Crippen molar-refractivity contribution in [1.82, 2.24) is 9.97 Å². The van der Waals surface area contributed by atoms with Gasteiger partial charge in [-0.25, -0.2) is 9.97 Å². The Morgan fingerprint density at radius 2 is 2.00 bits per heavy atom. The van der Waals surface area contributed by atoms with Crippen molar-refractivity contribution in [1.29, 1.82) is 0 Å². The summed E-state index contributed by atoms with van der Waals surface area (Å²) >= 11 is 0. The number of ether oxygens (including phenoxy) is 2. The number of rotatable bonds is 9. The summed E-state index contributed by atoms with van der Waals surface area (Å²) in [4.78, 5) is 8.83. The average molecular weight is 268 g/mol. The molecule has 19 heavy (non-hydrogen) atoms. The third-order valence-corrected chi connectivity index (χ3v) is 2.38. The zero-order valence-corrected chi connectivity index (χ0v) is 12.2. The summed E-state index contributed by atoms with van der Waals surface area (Å²) in [5, 5.41) is 6.48. The number of nitrogens with zero attached hydrogens (tertiary/aromatic N) is 2. The van der Waals surface area contributed by atoms with Gasteiger partial charge in [0.15, 0.2) is 5.82 Å². The molecule has 1 atom stereocenters. The van der Waals surface area contributed by atoms with Gasteiger partial charge >= 0.3 is 0 Å². The first-order valence-electron chi connectivity index (χ1n) is 6.64. The predicted molar refractivity (Wildman–Crippen MR) is 76.5 cm³/mol. The van der Waals surface area contributed by atoms with Crippen LogP contribution in [-0.4, -0.2) is 42.9 Å². The molecule has 1 unspecified atom stereocenters. The molecule has 2 N–H and O–H groups in total. The van der Waals surface area contributed by atoms with Gasteiger partial charge in [-0.1, -0.05) is 0 Å². The molecule has 6 nitrogen and oxygen atoms in total. The molecule has 1 rings (SSSR count). The highest BCUT2D eigenvalue weighted by Gasteiger charge is 2.07. The van der Waals surface area contributed by atoms with Gasteiger partial charge in [0.2, 0.25) is 0 Å². The third kappa shape index (κ3) is 5.85. The highest BCUT2D eigenvalue weighted by Crippen LogP contribution is 2.13. The predicted octanol–water partition coefficient (Wildman–Crippen LogP) is 1.89. The van der Waals surface area contributed by atoms with Crippen LogP contribution in [0.2, 0.25) is 0 Å². The third-order valence-electron chi connectivity index (χ3n) is 2.38. The molecule has 1 heterocycles. The van der Waals surface area contributed by atoms with Crippen molar-refractivity contribution in [3.05, 3.63) is 11.9 Å². The van der Waals surface area contributed by atoms with Crippen LogP contribution in [0.3, 0.4) is 0 Å². The van der Waals surface area contributed by atoms with Crippen molar-refractivity contribution in [3.8, 4) is 0 Å². The fourth-order valence-electron chi connectivity index (χ4n) is 1.64. The molecule has 0 bridgehead atoms. The van der Waals surface area contributed by atoms with Gasteiger partial charge in [0, 0.05) is 32.4 Å². The van der Waals surface area contributed by atoms with Crippen LogP contribution in [0, 0.1) is 0 Å². The molecule has 0 aliphatic rings. The number of hydrogen-bond donors (Lipinski definition) is 2. The Labute approximate surface area is 114 Å². The number of nitrogens with one attached hydrogen (secondary N) is 2. The largest absolute Gasteiger partial charge is 0.383 e. The lowest BCUT2D eigenvalue weighted by Crippen LogP contribution is -2.22. The summed E-state index contributed by atoms with van der Waals surface area (Å²) in [5.41, 5.74) is 0. The second-order valence-corrected chi connectivity index (χ2v) is 4.22. The molecule has 0 saturated heterocycles. The topological polar surface area (TPSA) is 68.3 Å². The van der Waals surface area contributed by atoms with Crippen molar-refractivity contribution in [2.45, 2.75) is 33.4 Å². The smallest absolute Gasteiger partial charge is 0.158 e. The standard InChI is InChI=1S/C13H24N4O2/c1-5-14-11-7-12(15-10(3)8-18-4)17-13(16-11)9-19-6-2/h7,10H,5-6,8-9H2,1-4H3,(H2,14,15,16,17). The Kier molecular flexibility index (Phi) is 7.14. The molecular weight excluding hydrogens is 244 g/mol. The summed E-state index contributed by atoms with van der Waals surface area (Å²) in [6.07, 6.45) is 0. The fraction of sp³-hybridized carbons (Fsp3) is 0.692. The van der Waals surface area contributed by atoms with E-state index in [0.717, 1.165) is 18.2 Å². The number of methoxy groups -OCH3 is 1. The van der Waals surface area contributed by atoms with Crippen molar-refractivity contribution >= 4 is 11.6 Å². The van der Waals surface area contributed by atoms with Gasteiger partial charge in [-0.15, -0.1) is 0 Å². The Hall–Kier alpha value is -1.40. The minimum atomic E-state index is 0.189. The SMILES string of the molecule is CCNc1cc(NC(C)COC)nc(COCC)n1. The summed E-state index contributed by atoms with van der Waals surface area (Å²) in [5.74, 6) is 2.26. The van der Waals surface area contributed by atoms with Gasteiger partial charge in [0.1, 0.15) is 18.2 Å². The molecule has 0 fully saturated rings. The first kappa shape index (κ1) is 15.7. The summed E-state index contributed by atoms with van der Waals surface area (Å²) in [6, 6.07) is 2.08. The van der Waals surface area contributed by atoms with Crippen LogP contribution in [0.5, 0.6) is 0 Å². The van der Waals surface area contributed by atoms with Gasteiger partial charge in [-0.05, 0) is 20.8 Å². The van der Waals surface area contributed by atoms with E-state index in [4.69, 9.17) is 9.47 Å². The van der Waals surface area contributed by atoms with E-state index in [2.05, 4.69) is 20.6 Å². The molecular formula is C13H24N4O2. The van der Waals surface area contributed by atoms with E-state index in [1.54, 1.807) is 7.11 Å². The first-order chi connectivity index (χ1) is 9.19. The summed E-state index contributed by atoms with van der Waals surface area (Å²) in [7, 11) is 1.68. The minimum Gasteiger partial charge on any atom is -0.383 e. The van der Waals surface area contributed by atoms with Gasteiger partial charge in [0.05, 0.1) is 6.61 Å². The monoisotopic (exact) mass is 268 g/mol. The van der Waals surface area contributed by atoms with Crippen LogP contribution < -0.4 is 10.6 Å². The maximum absolute atomic E-state index is 5.35. The summed E-state index contributed by atoms with van der Waals surface area (Å²) in [6.45, 7) is 8.54. The highest BCUT2D eigenvalue weighted by molar-refractivity contribution is 5.47. The average Bonchev–Trinajstić information content (AvgIpc) is 2.36. The van der Waals surface area contributed by atoms with E-state index in [9.17, 15) is 0 Å². The van der Waals surface area contributed by atoms with Crippen LogP contribution in [0.4, 0.5) is 11.6 Å². The van der Waals surface area contributed by atoms with Crippen LogP contribution in [0.25, 0.3) is 0 Å². The van der Waals surface area contributed by atoms with Gasteiger partial charge < -0.3 is 20.1 Å². The Morgan fingerprint density at radius 3 is 2.63 bits per heavy atom. The maximum atomic E-state index is 5.35. The van der Waals surface area contributed by atoms with Crippen LogP contribution >= 0.6 is 0 Å². The molecule has 0 aliphatic heterocycles. The van der Waals surface area contributed by atoms with Gasteiger partial charge in [-0.3, -0.25) is 0 Å². The molecule has 6 heteroatoms. The van der Waals surface area contributed by atoms with Crippen LogP contribution in [0.15, 0.2) is 6.07 Å². The Morgan fingerprint density at radius 1 is 1.26 bits per heavy atom. The second-order valence-electron chi connectivity index (χ2n) is 4.22. The summed E-state index contributed by atoms with van der Waals surface area (Å²) < 4.78 is 10.5. The van der Waals surface area contributed by atoms with Crippen LogP contribution in [-0.2, 0) is 16.1 Å². The normalized spacial score (nSPS) is 12.2. The van der Waals surface area contributed by atoms with Crippen molar-refractivity contribution < 1.29 is 9.47 Å². The van der Waals surface area contributed by atoms with Crippen molar-refractivity contribution in [3.63, 3.8) is 0 Å². The maximum Gasteiger partial charge on any atom is 0.158 e. The van der Waals surface area contributed by atoms with E-state index in [1.165, 1.54) is 0 Å². The van der Waals surface area contributed by atoms with E-state index in [1.807, 2.05) is 26.8 Å². The molecule has 0 saturated carbocycles.